The molecule has 0 fully saturated rings. The summed E-state index contributed by atoms with van der Waals surface area (Å²) < 4.78 is 3.43. The number of hydrogen-bond acceptors (Lipinski definition) is 2. The molecule has 0 spiro atoms. The van der Waals surface area contributed by atoms with Crippen molar-refractivity contribution in [3.63, 3.8) is 0 Å². The SMILES string of the molecule is CCc1nnc2c3ccccc3c3cc(I)ccc3n12. The van der Waals surface area contributed by atoms with Crippen molar-refractivity contribution in [1.82, 2.24) is 14.6 Å². The van der Waals surface area contributed by atoms with Crippen molar-refractivity contribution in [3.8, 4) is 0 Å². The molecule has 0 aliphatic carbocycles. The zero-order chi connectivity index (χ0) is 13.7. The molecule has 3 nitrogen and oxygen atoms in total. The molecule has 0 aliphatic heterocycles. The van der Waals surface area contributed by atoms with Gasteiger partial charge in [0.15, 0.2) is 5.65 Å². The van der Waals surface area contributed by atoms with Crippen LogP contribution in [0.1, 0.15) is 12.7 Å². The Balaban J connectivity index is 2.39. The van der Waals surface area contributed by atoms with Gasteiger partial charge in [-0.05, 0) is 46.2 Å². The maximum absolute atomic E-state index is 4.40. The van der Waals surface area contributed by atoms with Gasteiger partial charge in [-0.3, -0.25) is 4.40 Å². The van der Waals surface area contributed by atoms with E-state index in [4.69, 9.17) is 0 Å². The van der Waals surface area contributed by atoms with E-state index >= 15 is 0 Å². The number of pyridine rings is 1. The number of aromatic nitrogens is 3. The third-order valence-electron chi connectivity index (χ3n) is 3.70. The Bertz CT molecular complexity index is 956. The lowest BCUT2D eigenvalue weighted by molar-refractivity contribution is 0.922. The molecule has 0 unspecified atom stereocenters. The molecule has 2 aromatic heterocycles. The van der Waals surface area contributed by atoms with Crippen molar-refractivity contribution in [1.29, 1.82) is 0 Å². The van der Waals surface area contributed by atoms with Crippen molar-refractivity contribution in [2.45, 2.75) is 13.3 Å². The molecule has 0 saturated carbocycles. The van der Waals surface area contributed by atoms with E-state index in [9.17, 15) is 0 Å². The monoisotopic (exact) mass is 373 g/mol. The van der Waals surface area contributed by atoms with Gasteiger partial charge in [-0.2, -0.15) is 0 Å². The van der Waals surface area contributed by atoms with Gasteiger partial charge in [-0.1, -0.05) is 31.2 Å². The molecular weight excluding hydrogens is 361 g/mol. The van der Waals surface area contributed by atoms with Crippen LogP contribution in [0.2, 0.25) is 0 Å². The van der Waals surface area contributed by atoms with Crippen LogP contribution in [0.15, 0.2) is 42.5 Å². The van der Waals surface area contributed by atoms with E-state index in [-0.39, 0.29) is 0 Å². The van der Waals surface area contributed by atoms with Crippen molar-refractivity contribution in [3.05, 3.63) is 51.9 Å². The molecule has 0 amide bonds. The van der Waals surface area contributed by atoms with Crippen LogP contribution >= 0.6 is 22.6 Å². The molecule has 0 aliphatic rings. The lowest BCUT2D eigenvalue weighted by atomic mass is 10.1. The molecule has 4 rings (SSSR count). The maximum Gasteiger partial charge on any atom is 0.169 e. The number of nitrogens with zero attached hydrogens (tertiary/aromatic N) is 3. The minimum Gasteiger partial charge on any atom is -0.278 e. The van der Waals surface area contributed by atoms with Crippen molar-refractivity contribution in [2.75, 3.05) is 0 Å². The van der Waals surface area contributed by atoms with Crippen LogP contribution in [0, 0.1) is 3.57 Å². The molecule has 0 radical (unpaired) electrons. The molecule has 2 heterocycles. The summed E-state index contributed by atoms with van der Waals surface area (Å²) in [5.41, 5.74) is 2.13. The Morgan fingerprint density at radius 1 is 1.00 bits per heavy atom. The zero-order valence-corrected chi connectivity index (χ0v) is 13.1. The number of halogens is 1. The fourth-order valence-corrected chi connectivity index (χ4v) is 3.30. The molecule has 0 saturated heterocycles. The van der Waals surface area contributed by atoms with Gasteiger partial charge < -0.3 is 0 Å². The summed E-state index contributed by atoms with van der Waals surface area (Å²) in [6.45, 7) is 2.12. The van der Waals surface area contributed by atoms with Gasteiger partial charge in [-0.15, -0.1) is 10.2 Å². The summed E-state index contributed by atoms with van der Waals surface area (Å²) in [5, 5.41) is 12.4. The van der Waals surface area contributed by atoms with E-state index in [0.717, 1.165) is 23.3 Å². The van der Waals surface area contributed by atoms with Crippen LogP contribution in [0.4, 0.5) is 0 Å². The number of aryl methyl sites for hydroxylation is 1. The van der Waals surface area contributed by atoms with Gasteiger partial charge in [0.25, 0.3) is 0 Å². The highest BCUT2D eigenvalue weighted by molar-refractivity contribution is 14.1. The molecular formula is C16H12IN3. The topological polar surface area (TPSA) is 30.2 Å². The average Bonchev–Trinajstić information content (AvgIpc) is 2.91. The minimum absolute atomic E-state index is 0.876. The average molecular weight is 373 g/mol. The first kappa shape index (κ1) is 12.1. The molecule has 4 heteroatoms. The van der Waals surface area contributed by atoms with Gasteiger partial charge in [0.1, 0.15) is 5.82 Å². The quantitative estimate of drug-likeness (QED) is 0.370. The zero-order valence-electron chi connectivity index (χ0n) is 11.0. The van der Waals surface area contributed by atoms with Gasteiger partial charge in [-0.25, -0.2) is 0 Å². The van der Waals surface area contributed by atoms with E-state index in [0.29, 0.717) is 0 Å². The summed E-state index contributed by atoms with van der Waals surface area (Å²) in [5.74, 6) is 1.01. The Morgan fingerprint density at radius 3 is 2.60 bits per heavy atom. The Labute approximate surface area is 129 Å². The normalized spacial score (nSPS) is 11.7. The number of rotatable bonds is 1. The fourth-order valence-electron chi connectivity index (χ4n) is 2.80. The predicted molar refractivity (Wildman–Crippen MR) is 90.1 cm³/mol. The molecule has 20 heavy (non-hydrogen) atoms. The van der Waals surface area contributed by atoms with Crippen LogP contribution in [0.3, 0.4) is 0 Å². The second-order valence-corrected chi connectivity index (χ2v) is 6.08. The van der Waals surface area contributed by atoms with Crippen molar-refractivity contribution >= 4 is 49.9 Å². The Morgan fingerprint density at radius 2 is 1.80 bits per heavy atom. The van der Waals surface area contributed by atoms with Crippen LogP contribution in [-0.4, -0.2) is 14.6 Å². The van der Waals surface area contributed by atoms with Crippen molar-refractivity contribution < 1.29 is 0 Å². The summed E-state index contributed by atoms with van der Waals surface area (Å²) in [6, 6.07) is 15.0. The lowest BCUT2D eigenvalue weighted by Gasteiger charge is -2.09. The molecule has 4 aromatic rings. The number of fused-ring (bicyclic) bond motifs is 6. The summed E-state index contributed by atoms with van der Waals surface area (Å²) in [4.78, 5) is 0. The predicted octanol–water partition coefficient (Wildman–Crippen LogP) is 4.20. The first-order chi connectivity index (χ1) is 9.79. The van der Waals surface area contributed by atoms with Crippen LogP contribution in [-0.2, 0) is 6.42 Å². The smallest absolute Gasteiger partial charge is 0.169 e. The first-order valence-electron chi connectivity index (χ1n) is 6.63. The summed E-state index contributed by atoms with van der Waals surface area (Å²) >= 11 is 2.36. The summed E-state index contributed by atoms with van der Waals surface area (Å²) in [6.07, 6.45) is 0.876. The second-order valence-electron chi connectivity index (χ2n) is 4.84. The minimum atomic E-state index is 0.876. The highest BCUT2D eigenvalue weighted by Gasteiger charge is 2.13. The van der Waals surface area contributed by atoms with E-state index in [2.05, 4.69) is 86.6 Å². The molecule has 0 atom stereocenters. The van der Waals surface area contributed by atoms with Gasteiger partial charge in [0.2, 0.25) is 0 Å². The molecule has 0 bridgehead atoms. The second kappa shape index (κ2) is 4.41. The maximum atomic E-state index is 4.40. The van der Waals surface area contributed by atoms with Crippen LogP contribution in [0.5, 0.6) is 0 Å². The van der Waals surface area contributed by atoms with E-state index in [1.54, 1.807) is 0 Å². The molecule has 98 valence electrons. The first-order valence-corrected chi connectivity index (χ1v) is 7.71. The molecule has 0 N–H and O–H groups in total. The van der Waals surface area contributed by atoms with E-state index in [1.165, 1.54) is 19.9 Å². The summed E-state index contributed by atoms with van der Waals surface area (Å²) in [7, 11) is 0. The van der Waals surface area contributed by atoms with Gasteiger partial charge >= 0.3 is 0 Å². The van der Waals surface area contributed by atoms with E-state index < -0.39 is 0 Å². The van der Waals surface area contributed by atoms with E-state index in [1.807, 2.05) is 0 Å². The van der Waals surface area contributed by atoms with Crippen LogP contribution < -0.4 is 0 Å². The number of hydrogen-bond donors (Lipinski definition) is 0. The highest BCUT2D eigenvalue weighted by Crippen LogP contribution is 2.30. The Kier molecular flexibility index (Phi) is 2.66. The fraction of sp³-hybridized carbons (Fsp3) is 0.125. The third kappa shape index (κ3) is 1.57. The molecule has 2 aromatic carbocycles. The third-order valence-corrected chi connectivity index (χ3v) is 4.37. The van der Waals surface area contributed by atoms with Gasteiger partial charge in [0, 0.05) is 20.8 Å². The number of benzene rings is 2. The lowest BCUT2D eigenvalue weighted by Crippen LogP contribution is -1.96. The van der Waals surface area contributed by atoms with Crippen LogP contribution in [0.25, 0.3) is 27.3 Å². The Hall–Kier alpha value is -1.69. The highest BCUT2D eigenvalue weighted by atomic mass is 127. The standard InChI is InChI=1S/C16H12IN3/c1-2-15-18-19-16-12-6-4-3-5-11(12)13-9-10(17)7-8-14(13)20(15)16/h3-9H,2H2,1H3. The van der Waals surface area contributed by atoms with Gasteiger partial charge in [0.05, 0.1) is 5.52 Å². The largest absolute Gasteiger partial charge is 0.278 e. The van der Waals surface area contributed by atoms with Crippen molar-refractivity contribution in [2.24, 2.45) is 0 Å².